The molecule has 6 heteroatoms. The Bertz CT molecular complexity index is 625. The fourth-order valence-electron chi connectivity index (χ4n) is 1.76. The molecule has 0 atom stereocenters. The van der Waals surface area contributed by atoms with Crippen molar-refractivity contribution in [3.05, 3.63) is 23.8 Å². The molecule has 0 unspecified atom stereocenters. The van der Waals surface area contributed by atoms with Crippen molar-refractivity contribution in [1.29, 1.82) is 0 Å². The number of pyridine rings is 1. The number of benzene rings is 1. The van der Waals surface area contributed by atoms with Gasteiger partial charge < -0.3 is 20.9 Å². The molecule has 94 valence electrons. The fourth-order valence-corrected chi connectivity index (χ4v) is 1.76. The van der Waals surface area contributed by atoms with Crippen molar-refractivity contribution >= 4 is 22.6 Å². The number of rotatable bonds is 3. The van der Waals surface area contributed by atoms with Gasteiger partial charge in [-0.25, -0.2) is 4.98 Å². The number of amides is 1. The standard InChI is InChI=1S/C12H13N3O3/c1-17-8-3-4-9(18-2)10-6(8)5-7(12(14)16)11(13)15-10/h3-5H,1-2H3,(H2,13,15)(H2,14,16). The minimum atomic E-state index is -0.633. The molecule has 1 amide bonds. The Morgan fingerprint density at radius 1 is 1.22 bits per heavy atom. The van der Waals surface area contributed by atoms with Gasteiger partial charge in [-0.15, -0.1) is 0 Å². The molecule has 0 aliphatic rings. The van der Waals surface area contributed by atoms with E-state index in [0.29, 0.717) is 22.4 Å². The summed E-state index contributed by atoms with van der Waals surface area (Å²) in [5.74, 6) is 0.558. The average Bonchev–Trinajstić information content (AvgIpc) is 2.36. The largest absolute Gasteiger partial charge is 0.496 e. The van der Waals surface area contributed by atoms with Crippen LogP contribution in [0.1, 0.15) is 10.4 Å². The third-order valence-corrected chi connectivity index (χ3v) is 2.64. The first-order valence-electron chi connectivity index (χ1n) is 5.19. The topological polar surface area (TPSA) is 100 Å². The lowest BCUT2D eigenvalue weighted by Gasteiger charge is -2.11. The van der Waals surface area contributed by atoms with E-state index in [1.54, 1.807) is 18.2 Å². The molecule has 1 aromatic heterocycles. The van der Waals surface area contributed by atoms with Crippen LogP contribution in [-0.4, -0.2) is 25.1 Å². The molecule has 0 saturated carbocycles. The van der Waals surface area contributed by atoms with Crippen molar-refractivity contribution in [1.82, 2.24) is 4.98 Å². The number of carbonyl (C=O) groups is 1. The number of fused-ring (bicyclic) bond motifs is 1. The molecule has 2 aromatic rings. The van der Waals surface area contributed by atoms with Crippen molar-refractivity contribution in [3.8, 4) is 11.5 Å². The van der Waals surface area contributed by atoms with Gasteiger partial charge in [-0.2, -0.15) is 0 Å². The molecule has 4 N–H and O–H groups in total. The van der Waals surface area contributed by atoms with Crippen LogP contribution in [0.25, 0.3) is 10.9 Å². The second kappa shape index (κ2) is 4.40. The number of hydrogen-bond acceptors (Lipinski definition) is 5. The van der Waals surface area contributed by atoms with Crippen molar-refractivity contribution in [2.45, 2.75) is 0 Å². The lowest BCUT2D eigenvalue weighted by molar-refractivity contribution is 0.100. The van der Waals surface area contributed by atoms with Crippen LogP contribution >= 0.6 is 0 Å². The Kier molecular flexibility index (Phi) is 2.93. The van der Waals surface area contributed by atoms with Gasteiger partial charge in [-0.05, 0) is 18.2 Å². The smallest absolute Gasteiger partial charge is 0.252 e. The van der Waals surface area contributed by atoms with Crippen LogP contribution in [0.4, 0.5) is 5.82 Å². The number of ether oxygens (including phenoxy) is 2. The van der Waals surface area contributed by atoms with Crippen LogP contribution in [0, 0.1) is 0 Å². The van der Waals surface area contributed by atoms with Crippen LogP contribution in [0.2, 0.25) is 0 Å². The van der Waals surface area contributed by atoms with Crippen LogP contribution in [0.5, 0.6) is 11.5 Å². The number of nitrogens with zero attached hydrogens (tertiary/aromatic N) is 1. The molecule has 0 aliphatic heterocycles. The van der Waals surface area contributed by atoms with Crippen molar-refractivity contribution < 1.29 is 14.3 Å². The minimum Gasteiger partial charge on any atom is -0.496 e. The summed E-state index contributed by atoms with van der Waals surface area (Å²) in [5, 5.41) is 0.625. The number of nitrogen functional groups attached to an aromatic ring is 1. The monoisotopic (exact) mass is 247 g/mol. The van der Waals surface area contributed by atoms with E-state index in [9.17, 15) is 4.79 Å². The lowest BCUT2D eigenvalue weighted by atomic mass is 10.1. The Morgan fingerprint density at radius 3 is 2.39 bits per heavy atom. The third kappa shape index (κ3) is 1.77. The molecule has 18 heavy (non-hydrogen) atoms. The molecule has 0 bridgehead atoms. The normalized spacial score (nSPS) is 10.3. The zero-order valence-electron chi connectivity index (χ0n) is 10.1. The minimum absolute atomic E-state index is 0.0709. The second-order valence-electron chi connectivity index (χ2n) is 3.65. The number of aromatic nitrogens is 1. The first kappa shape index (κ1) is 12.0. The SMILES string of the molecule is COc1ccc(OC)c2nc(N)c(C(N)=O)cc12. The maximum Gasteiger partial charge on any atom is 0.252 e. The molecule has 0 spiro atoms. The maximum absolute atomic E-state index is 11.2. The Labute approximate surface area is 103 Å². The van der Waals surface area contributed by atoms with Gasteiger partial charge in [0.15, 0.2) is 0 Å². The van der Waals surface area contributed by atoms with Crippen molar-refractivity contribution in [3.63, 3.8) is 0 Å². The van der Waals surface area contributed by atoms with Gasteiger partial charge in [-0.1, -0.05) is 0 Å². The Balaban J connectivity index is 2.85. The molecule has 0 aliphatic carbocycles. The van der Waals surface area contributed by atoms with E-state index < -0.39 is 5.91 Å². The van der Waals surface area contributed by atoms with E-state index >= 15 is 0 Å². The summed E-state index contributed by atoms with van der Waals surface area (Å²) >= 11 is 0. The zero-order valence-corrected chi connectivity index (χ0v) is 10.1. The van der Waals surface area contributed by atoms with E-state index in [1.165, 1.54) is 14.2 Å². The Hall–Kier alpha value is -2.50. The highest BCUT2D eigenvalue weighted by molar-refractivity contribution is 6.03. The summed E-state index contributed by atoms with van der Waals surface area (Å²) in [6, 6.07) is 5.00. The highest BCUT2D eigenvalue weighted by Crippen LogP contribution is 2.33. The molecule has 1 aromatic carbocycles. The van der Waals surface area contributed by atoms with E-state index in [2.05, 4.69) is 4.98 Å². The highest BCUT2D eigenvalue weighted by Gasteiger charge is 2.14. The van der Waals surface area contributed by atoms with Gasteiger partial charge in [0.25, 0.3) is 5.91 Å². The zero-order chi connectivity index (χ0) is 13.3. The maximum atomic E-state index is 11.2. The second-order valence-corrected chi connectivity index (χ2v) is 3.65. The predicted octanol–water partition coefficient (Wildman–Crippen LogP) is 0.933. The van der Waals surface area contributed by atoms with Crippen LogP contribution in [-0.2, 0) is 0 Å². The average molecular weight is 247 g/mol. The van der Waals surface area contributed by atoms with Crippen LogP contribution in [0.3, 0.4) is 0 Å². The van der Waals surface area contributed by atoms with Crippen molar-refractivity contribution in [2.24, 2.45) is 5.73 Å². The number of anilines is 1. The lowest BCUT2D eigenvalue weighted by Crippen LogP contribution is -2.14. The summed E-state index contributed by atoms with van der Waals surface area (Å²) in [6.45, 7) is 0. The molecular weight excluding hydrogens is 234 g/mol. The molecule has 0 fully saturated rings. The molecule has 1 heterocycles. The molecule has 0 saturated heterocycles. The number of primary amides is 1. The fraction of sp³-hybridized carbons (Fsp3) is 0.167. The van der Waals surface area contributed by atoms with Gasteiger partial charge in [0.2, 0.25) is 0 Å². The number of hydrogen-bond donors (Lipinski definition) is 2. The molecular formula is C12H13N3O3. The first-order chi connectivity index (χ1) is 8.58. The first-order valence-corrected chi connectivity index (χ1v) is 5.19. The predicted molar refractivity (Wildman–Crippen MR) is 67.8 cm³/mol. The quantitative estimate of drug-likeness (QED) is 0.840. The molecule has 6 nitrogen and oxygen atoms in total. The van der Waals surface area contributed by atoms with Crippen LogP contribution < -0.4 is 20.9 Å². The van der Waals surface area contributed by atoms with E-state index in [-0.39, 0.29) is 11.4 Å². The van der Waals surface area contributed by atoms with Gasteiger partial charge in [0.1, 0.15) is 22.8 Å². The van der Waals surface area contributed by atoms with Gasteiger partial charge in [0.05, 0.1) is 19.8 Å². The number of methoxy groups -OCH3 is 2. The van der Waals surface area contributed by atoms with Gasteiger partial charge in [-0.3, -0.25) is 4.79 Å². The highest BCUT2D eigenvalue weighted by atomic mass is 16.5. The summed E-state index contributed by atoms with van der Waals surface area (Å²) in [6.07, 6.45) is 0. The summed E-state index contributed by atoms with van der Waals surface area (Å²) in [4.78, 5) is 15.4. The Morgan fingerprint density at radius 2 is 1.83 bits per heavy atom. The number of carbonyl (C=O) groups excluding carboxylic acids is 1. The van der Waals surface area contributed by atoms with Crippen LogP contribution in [0.15, 0.2) is 18.2 Å². The summed E-state index contributed by atoms with van der Waals surface area (Å²) < 4.78 is 10.4. The molecule has 2 rings (SSSR count). The third-order valence-electron chi connectivity index (χ3n) is 2.64. The summed E-state index contributed by atoms with van der Waals surface area (Å²) in [5.41, 5.74) is 11.6. The number of nitrogens with two attached hydrogens (primary N) is 2. The van der Waals surface area contributed by atoms with E-state index in [1.807, 2.05) is 0 Å². The van der Waals surface area contributed by atoms with E-state index in [4.69, 9.17) is 20.9 Å². The summed E-state index contributed by atoms with van der Waals surface area (Å²) in [7, 11) is 3.06. The molecule has 0 radical (unpaired) electrons. The van der Waals surface area contributed by atoms with Gasteiger partial charge in [0, 0.05) is 5.39 Å². The van der Waals surface area contributed by atoms with E-state index in [0.717, 1.165) is 0 Å². The van der Waals surface area contributed by atoms with Crippen molar-refractivity contribution in [2.75, 3.05) is 20.0 Å². The van der Waals surface area contributed by atoms with Gasteiger partial charge >= 0.3 is 0 Å².